The molecule has 1 aromatic carbocycles. The van der Waals surface area contributed by atoms with Gasteiger partial charge in [-0.15, -0.1) is 0 Å². The van der Waals surface area contributed by atoms with Gasteiger partial charge in [-0.1, -0.05) is 17.7 Å². The van der Waals surface area contributed by atoms with Gasteiger partial charge in [-0.3, -0.25) is 8.98 Å². The van der Waals surface area contributed by atoms with Crippen LogP contribution in [0.25, 0.3) is 0 Å². The summed E-state index contributed by atoms with van der Waals surface area (Å²) < 4.78 is 35.5. The van der Waals surface area contributed by atoms with E-state index in [0.717, 1.165) is 44.1 Å². The fourth-order valence-electron chi connectivity index (χ4n) is 4.05. The topological polar surface area (TPSA) is 69.7 Å². The number of aryl methyl sites for hydroxylation is 1. The second-order valence-electron chi connectivity index (χ2n) is 7.53. The van der Waals surface area contributed by atoms with Crippen LogP contribution in [0, 0.1) is 17.8 Å². The van der Waals surface area contributed by atoms with Gasteiger partial charge in [-0.25, -0.2) is 0 Å². The molecule has 138 valence electrons. The maximum atomic E-state index is 12.4. The molecule has 0 radical (unpaired) electrons. The van der Waals surface area contributed by atoms with E-state index >= 15 is 0 Å². The van der Waals surface area contributed by atoms with Gasteiger partial charge >= 0.3 is 5.97 Å². The van der Waals surface area contributed by atoms with Gasteiger partial charge in [0.25, 0.3) is 10.1 Å². The van der Waals surface area contributed by atoms with E-state index in [-0.39, 0.29) is 28.3 Å². The smallest absolute Gasteiger partial charge is 0.312 e. The zero-order valence-corrected chi connectivity index (χ0v) is 15.7. The molecule has 25 heavy (non-hydrogen) atoms. The molecule has 4 rings (SSSR count). The molecule has 0 N–H and O–H groups in total. The molecule has 0 atom stereocenters. The summed E-state index contributed by atoms with van der Waals surface area (Å²) in [6.07, 6.45) is 4.74. The molecule has 0 aliphatic heterocycles. The van der Waals surface area contributed by atoms with Gasteiger partial charge in [0.15, 0.2) is 0 Å². The average molecular weight is 366 g/mol. The molecule has 6 heteroatoms. The first kappa shape index (κ1) is 18.4. The molecule has 3 saturated carbocycles. The van der Waals surface area contributed by atoms with Crippen LogP contribution in [-0.2, 0) is 23.8 Å². The van der Waals surface area contributed by atoms with Crippen molar-refractivity contribution in [1.29, 1.82) is 0 Å². The van der Waals surface area contributed by atoms with Crippen LogP contribution in [0.15, 0.2) is 29.2 Å². The van der Waals surface area contributed by atoms with E-state index in [1.165, 1.54) is 0 Å². The number of rotatable bonds is 6. The van der Waals surface area contributed by atoms with Crippen molar-refractivity contribution in [2.45, 2.75) is 57.3 Å². The molecule has 0 unspecified atom stereocenters. The minimum atomic E-state index is -3.74. The first-order chi connectivity index (χ1) is 11.8. The van der Waals surface area contributed by atoms with Crippen molar-refractivity contribution in [3.63, 3.8) is 0 Å². The normalized spacial score (nSPS) is 28.7. The number of carbonyl (C=O) groups excluding carboxylic acids is 1. The Labute approximate surface area is 149 Å². The van der Waals surface area contributed by atoms with Crippen molar-refractivity contribution in [1.82, 2.24) is 0 Å². The summed E-state index contributed by atoms with van der Waals surface area (Å²) in [4.78, 5) is 12.5. The summed E-state index contributed by atoms with van der Waals surface area (Å²) in [5, 5.41) is 0. The van der Waals surface area contributed by atoms with Crippen molar-refractivity contribution in [3.05, 3.63) is 29.8 Å². The molecule has 0 aromatic heterocycles. The lowest BCUT2D eigenvalue weighted by Crippen LogP contribution is -2.48. The van der Waals surface area contributed by atoms with Crippen molar-refractivity contribution in [2.75, 3.05) is 13.2 Å². The van der Waals surface area contributed by atoms with Gasteiger partial charge in [0.1, 0.15) is 0 Å². The van der Waals surface area contributed by atoms with Crippen LogP contribution < -0.4 is 0 Å². The Kier molecular flexibility index (Phi) is 4.95. The van der Waals surface area contributed by atoms with Crippen LogP contribution in [0.1, 0.15) is 51.0 Å². The van der Waals surface area contributed by atoms with Crippen LogP contribution >= 0.6 is 0 Å². The molecule has 3 aliphatic rings. The van der Waals surface area contributed by atoms with E-state index in [4.69, 9.17) is 8.92 Å². The number of hydrogen-bond acceptors (Lipinski definition) is 5. The third-order valence-electron chi connectivity index (χ3n) is 5.94. The van der Waals surface area contributed by atoms with Gasteiger partial charge in [-0.05, 0) is 69.9 Å². The molecule has 1 aromatic rings. The summed E-state index contributed by atoms with van der Waals surface area (Å²) in [5.74, 6) is -0.0866. The molecule has 2 bridgehead atoms. The highest BCUT2D eigenvalue weighted by Crippen LogP contribution is 2.57. The molecule has 0 amide bonds. The Balaban J connectivity index is 1.64. The van der Waals surface area contributed by atoms with E-state index in [2.05, 4.69) is 0 Å². The summed E-state index contributed by atoms with van der Waals surface area (Å²) >= 11 is 0. The lowest BCUT2D eigenvalue weighted by Gasteiger charge is -2.51. The summed E-state index contributed by atoms with van der Waals surface area (Å²) in [5.41, 5.74) is 0.520. The molecule has 0 saturated heterocycles. The highest BCUT2D eigenvalue weighted by atomic mass is 32.2. The van der Waals surface area contributed by atoms with Crippen molar-refractivity contribution < 1.29 is 22.1 Å². The Morgan fingerprint density at radius 1 is 1.04 bits per heavy atom. The summed E-state index contributed by atoms with van der Waals surface area (Å²) in [7, 11) is -3.74. The first-order valence-electron chi connectivity index (χ1n) is 8.94. The lowest BCUT2D eigenvalue weighted by atomic mass is 9.54. The van der Waals surface area contributed by atoms with Crippen molar-refractivity contribution in [3.8, 4) is 0 Å². The standard InChI is InChI=1S/C19H26O5S/c1-3-23-17(20)19-11-8-18(9-12-19,10-13-19)14-24-25(21,22)16-6-4-15(2)5-7-16/h4-7H,3,8-14H2,1-2H3. The van der Waals surface area contributed by atoms with Gasteiger partial charge in [0.2, 0.25) is 0 Å². The van der Waals surface area contributed by atoms with Crippen LogP contribution in [0.4, 0.5) is 0 Å². The lowest BCUT2D eigenvalue weighted by molar-refractivity contribution is -0.166. The average Bonchev–Trinajstić information content (AvgIpc) is 2.62. The third kappa shape index (κ3) is 3.60. The highest BCUT2D eigenvalue weighted by Gasteiger charge is 2.53. The van der Waals surface area contributed by atoms with Gasteiger partial charge in [0, 0.05) is 0 Å². The van der Waals surface area contributed by atoms with E-state index in [1.54, 1.807) is 24.3 Å². The number of esters is 1. The Morgan fingerprint density at radius 3 is 2.12 bits per heavy atom. The van der Waals surface area contributed by atoms with Crippen LogP contribution in [0.3, 0.4) is 0 Å². The largest absolute Gasteiger partial charge is 0.466 e. The summed E-state index contributed by atoms with van der Waals surface area (Å²) in [6, 6.07) is 6.69. The highest BCUT2D eigenvalue weighted by molar-refractivity contribution is 7.86. The van der Waals surface area contributed by atoms with E-state index in [1.807, 2.05) is 13.8 Å². The maximum Gasteiger partial charge on any atom is 0.312 e. The first-order valence-corrected chi connectivity index (χ1v) is 10.4. The van der Waals surface area contributed by atoms with E-state index < -0.39 is 10.1 Å². The van der Waals surface area contributed by atoms with E-state index in [0.29, 0.717) is 6.61 Å². The molecule has 0 spiro atoms. The fraction of sp³-hybridized carbons (Fsp3) is 0.632. The quantitative estimate of drug-likeness (QED) is 0.568. The van der Waals surface area contributed by atoms with Gasteiger partial charge in [-0.2, -0.15) is 8.42 Å². The molecular weight excluding hydrogens is 340 g/mol. The number of hydrogen-bond donors (Lipinski definition) is 0. The Hall–Kier alpha value is -1.40. The molecule has 3 aliphatic carbocycles. The van der Waals surface area contributed by atoms with Gasteiger partial charge in [0.05, 0.1) is 23.5 Å². The number of ether oxygens (including phenoxy) is 1. The Morgan fingerprint density at radius 2 is 1.60 bits per heavy atom. The van der Waals surface area contributed by atoms with Crippen LogP contribution in [0.5, 0.6) is 0 Å². The molecule has 0 heterocycles. The second kappa shape index (κ2) is 6.72. The monoisotopic (exact) mass is 366 g/mol. The predicted molar refractivity (Wildman–Crippen MR) is 93.5 cm³/mol. The number of fused-ring (bicyclic) bond motifs is 3. The second-order valence-corrected chi connectivity index (χ2v) is 9.15. The number of benzene rings is 1. The fourth-order valence-corrected chi connectivity index (χ4v) is 5.06. The van der Waals surface area contributed by atoms with Gasteiger partial charge < -0.3 is 4.74 Å². The minimum Gasteiger partial charge on any atom is -0.466 e. The zero-order chi connectivity index (χ0) is 18.1. The predicted octanol–water partition coefficient (Wildman–Crippen LogP) is 3.60. The van der Waals surface area contributed by atoms with Crippen molar-refractivity contribution in [2.24, 2.45) is 10.8 Å². The van der Waals surface area contributed by atoms with Crippen LogP contribution in [0.2, 0.25) is 0 Å². The zero-order valence-electron chi connectivity index (χ0n) is 14.9. The minimum absolute atomic E-state index is 0.0866. The SMILES string of the molecule is CCOC(=O)C12CCC(COS(=O)(=O)c3ccc(C)cc3)(CC1)CC2. The molecule has 3 fully saturated rings. The number of carbonyl (C=O) groups is 1. The van der Waals surface area contributed by atoms with E-state index in [9.17, 15) is 13.2 Å². The molecule has 5 nitrogen and oxygen atoms in total. The van der Waals surface area contributed by atoms with Crippen molar-refractivity contribution >= 4 is 16.1 Å². The molecular formula is C19H26O5S. The Bertz CT molecular complexity index is 711. The summed E-state index contributed by atoms with van der Waals surface area (Å²) in [6.45, 7) is 4.34. The third-order valence-corrected chi connectivity index (χ3v) is 7.22. The van der Waals surface area contributed by atoms with Crippen LogP contribution in [-0.4, -0.2) is 27.6 Å². The maximum absolute atomic E-state index is 12.4.